The van der Waals surface area contributed by atoms with Gasteiger partial charge in [-0.15, -0.1) is 0 Å². The molecule has 21 heavy (non-hydrogen) atoms. The smallest absolute Gasteiger partial charge is 0.339 e. The minimum atomic E-state index is -4.01. The molecule has 1 aromatic rings. The first-order valence-electron chi connectivity index (χ1n) is 6.76. The maximum Gasteiger partial charge on any atom is 0.339 e. The number of benzene rings is 1. The van der Waals surface area contributed by atoms with Crippen LogP contribution >= 0.6 is 0 Å². The molecule has 0 heterocycles. The van der Waals surface area contributed by atoms with E-state index in [4.69, 9.17) is 14.6 Å². The Labute approximate surface area is 125 Å². The molecule has 0 aromatic heterocycles. The van der Waals surface area contributed by atoms with Gasteiger partial charge in [-0.1, -0.05) is 13.3 Å². The third-order valence-electron chi connectivity index (χ3n) is 2.59. The van der Waals surface area contributed by atoms with E-state index in [-0.39, 0.29) is 16.6 Å². The highest BCUT2D eigenvalue weighted by Crippen LogP contribution is 2.22. The van der Waals surface area contributed by atoms with Crippen LogP contribution in [0.4, 0.5) is 0 Å². The van der Waals surface area contributed by atoms with Crippen molar-refractivity contribution in [3.8, 4) is 5.75 Å². The van der Waals surface area contributed by atoms with Crippen molar-refractivity contribution in [2.45, 2.75) is 44.6 Å². The molecular weight excluding hydrogens is 294 g/mol. The molecule has 0 unspecified atom stereocenters. The summed E-state index contributed by atoms with van der Waals surface area (Å²) in [4.78, 5) is 11.7. The van der Waals surface area contributed by atoms with E-state index in [0.29, 0.717) is 12.4 Å². The number of hydrogen-bond acceptors (Lipinski definition) is 5. The fourth-order valence-corrected chi connectivity index (χ4v) is 2.32. The van der Waals surface area contributed by atoms with E-state index < -0.39 is 16.0 Å². The molecule has 0 radical (unpaired) electrons. The van der Waals surface area contributed by atoms with E-state index in [1.54, 1.807) is 13.8 Å². The van der Waals surface area contributed by atoms with Crippen molar-refractivity contribution in [3.63, 3.8) is 0 Å². The van der Waals surface area contributed by atoms with Gasteiger partial charge in [-0.25, -0.2) is 18.4 Å². The van der Waals surface area contributed by atoms with Crippen LogP contribution in [0.5, 0.6) is 5.75 Å². The number of primary sulfonamides is 1. The van der Waals surface area contributed by atoms with E-state index >= 15 is 0 Å². The molecule has 0 bridgehead atoms. The first kappa shape index (κ1) is 17.5. The second-order valence-corrected chi connectivity index (χ2v) is 6.39. The van der Waals surface area contributed by atoms with Gasteiger partial charge in [0, 0.05) is 0 Å². The lowest BCUT2D eigenvalue weighted by Gasteiger charge is -2.13. The van der Waals surface area contributed by atoms with E-state index in [1.165, 1.54) is 18.2 Å². The lowest BCUT2D eigenvalue weighted by atomic mass is 10.2. The van der Waals surface area contributed by atoms with Gasteiger partial charge in [-0.2, -0.15) is 0 Å². The van der Waals surface area contributed by atoms with Gasteiger partial charge in [0.25, 0.3) is 0 Å². The minimum Gasteiger partial charge on any atom is -0.494 e. The standard InChI is InChI=1S/C14H21NO5S/c1-4-5-8-19-11-6-7-13(21(15,17)18)12(9-11)14(16)20-10(2)3/h6-7,9-10H,4-5,8H2,1-3H3,(H2,15,17,18). The zero-order valence-corrected chi connectivity index (χ0v) is 13.3. The first-order valence-corrected chi connectivity index (χ1v) is 8.31. The highest BCUT2D eigenvalue weighted by Gasteiger charge is 2.22. The number of hydrogen-bond donors (Lipinski definition) is 1. The number of nitrogens with two attached hydrogens (primary N) is 1. The van der Waals surface area contributed by atoms with Gasteiger partial charge in [0.2, 0.25) is 10.0 Å². The molecule has 0 atom stereocenters. The van der Waals surface area contributed by atoms with E-state index in [2.05, 4.69) is 0 Å². The van der Waals surface area contributed by atoms with Crippen LogP contribution in [-0.2, 0) is 14.8 Å². The second-order valence-electron chi connectivity index (χ2n) is 4.86. The molecule has 1 rings (SSSR count). The molecule has 0 fully saturated rings. The maximum atomic E-state index is 12.0. The zero-order chi connectivity index (χ0) is 16.0. The Morgan fingerprint density at radius 3 is 2.52 bits per heavy atom. The molecule has 0 aliphatic rings. The Hall–Kier alpha value is -1.60. The number of esters is 1. The normalized spacial score (nSPS) is 11.5. The summed E-state index contributed by atoms with van der Waals surface area (Å²) >= 11 is 0. The van der Waals surface area contributed by atoms with Gasteiger partial charge in [0.15, 0.2) is 0 Å². The van der Waals surface area contributed by atoms with E-state index in [9.17, 15) is 13.2 Å². The SMILES string of the molecule is CCCCOc1ccc(S(N)(=O)=O)c(C(=O)OC(C)C)c1. The molecule has 1 aromatic carbocycles. The summed E-state index contributed by atoms with van der Waals surface area (Å²) in [7, 11) is -4.01. The molecule has 7 heteroatoms. The summed E-state index contributed by atoms with van der Waals surface area (Å²) in [5.41, 5.74) is -0.111. The van der Waals surface area contributed by atoms with Crippen molar-refractivity contribution >= 4 is 16.0 Å². The Bertz CT molecular complexity index is 595. The van der Waals surface area contributed by atoms with Crippen LogP contribution in [0, 0.1) is 0 Å². The predicted molar refractivity (Wildman–Crippen MR) is 78.8 cm³/mol. The van der Waals surface area contributed by atoms with Gasteiger partial charge < -0.3 is 9.47 Å². The molecule has 0 saturated heterocycles. The fourth-order valence-electron chi connectivity index (χ4n) is 1.62. The molecule has 0 amide bonds. The summed E-state index contributed by atoms with van der Waals surface area (Å²) < 4.78 is 33.6. The Morgan fingerprint density at radius 1 is 1.33 bits per heavy atom. The minimum absolute atomic E-state index is 0.111. The summed E-state index contributed by atoms with van der Waals surface area (Å²) in [6, 6.07) is 4.08. The molecule has 0 saturated carbocycles. The van der Waals surface area contributed by atoms with Crippen LogP contribution in [0.15, 0.2) is 23.1 Å². The van der Waals surface area contributed by atoms with Crippen LogP contribution in [-0.4, -0.2) is 27.1 Å². The van der Waals surface area contributed by atoms with E-state index in [0.717, 1.165) is 12.8 Å². The van der Waals surface area contributed by atoms with Gasteiger partial charge in [-0.3, -0.25) is 0 Å². The number of unbranched alkanes of at least 4 members (excludes halogenated alkanes) is 1. The fraction of sp³-hybridized carbons (Fsp3) is 0.500. The lowest BCUT2D eigenvalue weighted by Crippen LogP contribution is -2.19. The average Bonchev–Trinajstić information content (AvgIpc) is 2.37. The second kappa shape index (κ2) is 7.42. The van der Waals surface area contributed by atoms with Gasteiger partial charge in [-0.05, 0) is 38.5 Å². The third kappa shape index (κ3) is 5.35. The van der Waals surface area contributed by atoms with Crippen molar-refractivity contribution in [2.75, 3.05) is 6.61 Å². The predicted octanol–water partition coefficient (Wildman–Crippen LogP) is 2.08. The molecule has 0 aliphatic carbocycles. The number of carbonyl (C=O) groups is 1. The van der Waals surface area contributed by atoms with Crippen LogP contribution in [0.3, 0.4) is 0 Å². The summed E-state index contributed by atoms with van der Waals surface area (Å²) in [6.07, 6.45) is 1.47. The molecule has 6 nitrogen and oxygen atoms in total. The van der Waals surface area contributed by atoms with Gasteiger partial charge in [0.05, 0.1) is 23.2 Å². The van der Waals surface area contributed by atoms with Crippen molar-refractivity contribution in [2.24, 2.45) is 5.14 Å². The lowest BCUT2D eigenvalue weighted by molar-refractivity contribution is 0.0372. The van der Waals surface area contributed by atoms with E-state index in [1.807, 2.05) is 6.92 Å². The van der Waals surface area contributed by atoms with Gasteiger partial charge in [0.1, 0.15) is 5.75 Å². The highest BCUT2D eigenvalue weighted by molar-refractivity contribution is 7.89. The monoisotopic (exact) mass is 315 g/mol. The molecule has 0 aliphatic heterocycles. The number of carbonyl (C=O) groups excluding carboxylic acids is 1. The highest BCUT2D eigenvalue weighted by atomic mass is 32.2. The molecule has 118 valence electrons. The summed E-state index contributed by atoms with van der Waals surface area (Å²) in [5.74, 6) is -0.332. The zero-order valence-electron chi connectivity index (χ0n) is 12.5. The Kier molecular flexibility index (Phi) is 6.17. The number of ether oxygens (including phenoxy) is 2. The molecule has 0 spiro atoms. The summed E-state index contributed by atoms with van der Waals surface area (Å²) in [6.45, 7) is 5.87. The van der Waals surface area contributed by atoms with Crippen LogP contribution in [0.2, 0.25) is 0 Å². The topological polar surface area (TPSA) is 95.7 Å². The van der Waals surface area contributed by atoms with Crippen molar-refractivity contribution < 1.29 is 22.7 Å². The quantitative estimate of drug-likeness (QED) is 0.614. The van der Waals surface area contributed by atoms with Crippen molar-refractivity contribution in [1.82, 2.24) is 0 Å². The van der Waals surface area contributed by atoms with Crippen LogP contribution in [0.25, 0.3) is 0 Å². The Balaban J connectivity index is 3.14. The third-order valence-corrected chi connectivity index (χ3v) is 3.56. The van der Waals surface area contributed by atoms with Crippen LogP contribution in [0.1, 0.15) is 44.0 Å². The first-order chi connectivity index (χ1) is 9.75. The van der Waals surface area contributed by atoms with Crippen LogP contribution < -0.4 is 9.88 Å². The Morgan fingerprint density at radius 2 is 2.00 bits per heavy atom. The molecule has 2 N–H and O–H groups in total. The average molecular weight is 315 g/mol. The molecular formula is C14H21NO5S. The largest absolute Gasteiger partial charge is 0.494 e. The number of sulfonamides is 1. The summed E-state index contributed by atoms with van der Waals surface area (Å²) in [5, 5.41) is 5.12. The maximum absolute atomic E-state index is 12.0. The number of rotatable bonds is 7. The van der Waals surface area contributed by atoms with Gasteiger partial charge >= 0.3 is 5.97 Å². The van der Waals surface area contributed by atoms with Crippen molar-refractivity contribution in [1.29, 1.82) is 0 Å². The van der Waals surface area contributed by atoms with Crippen molar-refractivity contribution in [3.05, 3.63) is 23.8 Å².